The van der Waals surface area contributed by atoms with Crippen molar-refractivity contribution in [2.75, 3.05) is 0 Å². The van der Waals surface area contributed by atoms with E-state index in [2.05, 4.69) is 15.9 Å². The molecule has 0 radical (unpaired) electrons. The van der Waals surface area contributed by atoms with Gasteiger partial charge in [-0.2, -0.15) is 0 Å². The molecule has 5 rings (SSSR count). The van der Waals surface area contributed by atoms with Crippen molar-refractivity contribution in [1.82, 2.24) is 4.57 Å². The van der Waals surface area contributed by atoms with E-state index in [-0.39, 0.29) is 62.5 Å². The van der Waals surface area contributed by atoms with Crippen molar-refractivity contribution in [3.05, 3.63) is 101 Å². The topological polar surface area (TPSA) is 4.93 Å². The lowest BCUT2D eigenvalue weighted by Gasteiger charge is -2.10. The summed E-state index contributed by atoms with van der Waals surface area (Å²) in [5.41, 5.74) is 2.91. The van der Waals surface area contributed by atoms with Gasteiger partial charge in [0.25, 0.3) is 0 Å². The largest absolute Gasteiger partial charge is 0.309 e. The summed E-state index contributed by atoms with van der Waals surface area (Å²) in [6.07, 6.45) is 0. The highest BCUT2D eigenvalue weighted by atomic mass is 79.9. The van der Waals surface area contributed by atoms with Gasteiger partial charge in [0.05, 0.1) is 20.6 Å². The molecule has 0 fully saturated rings. The van der Waals surface area contributed by atoms with Gasteiger partial charge in [0.2, 0.25) is 0 Å². The highest BCUT2D eigenvalue weighted by molar-refractivity contribution is 9.10. The third-order valence-corrected chi connectivity index (χ3v) is 4.74. The first-order chi connectivity index (χ1) is 15.7. The predicted octanol–water partition coefficient (Wildman–Crippen LogP) is 7.21. The lowest BCUT2D eigenvalue weighted by atomic mass is 10.1. The Kier molecular flexibility index (Phi) is 2.31. The van der Waals surface area contributed by atoms with E-state index in [1.54, 1.807) is 10.6 Å². The highest BCUT2D eigenvalue weighted by Gasteiger charge is 2.12. The van der Waals surface area contributed by atoms with E-state index >= 15 is 0 Å². The van der Waals surface area contributed by atoms with Gasteiger partial charge < -0.3 is 4.57 Å². The zero-order valence-corrected chi connectivity index (χ0v) is 15.1. The molecule has 0 N–H and O–H groups in total. The van der Waals surface area contributed by atoms with Crippen LogP contribution in [0, 0.1) is 0 Å². The molecule has 0 saturated heterocycles. The summed E-state index contributed by atoms with van der Waals surface area (Å²) in [4.78, 5) is 0. The summed E-state index contributed by atoms with van der Waals surface area (Å²) in [6, 6.07) is 15.4. The van der Waals surface area contributed by atoms with Gasteiger partial charge in [-0.1, -0.05) is 82.6 Å². The predicted molar refractivity (Wildman–Crippen MR) is 114 cm³/mol. The Morgan fingerprint density at radius 1 is 0.731 bits per heavy atom. The van der Waals surface area contributed by atoms with Crippen molar-refractivity contribution < 1.29 is 9.60 Å². The Morgan fingerprint density at radius 3 is 2.38 bits per heavy atom. The molecule has 0 unspecified atom stereocenters. The zero-order chi connectivity index (χ0) is 23.6. The maximum Gasteiger partial charge on any atom is 0.0657 e. The van der Waals surface area contributed by atoms with Crippen LogP contribution in [0.3, 0.4) is 0 Å². The standard InChI is InChI=1S/C24H16BrN/c25-19-13-14-22-21-11-4-5-12-23(21)26(24(22)16-19)20-10-6-9-18(15-20)17-7-2-1-3-8-17/h1-16H/i4D,5D,11D,12D,13D,14D,16D. The minimum absolute atomic E-state index is 0.0517. The molecule has 0 aliphatic rings. The van der Waals surface area contributed by atoms with Gasteiger partial charge in [-0.25, -0.2) is 0 Å². The number of hydrogen-bond acceptors (Lipinski definition) is 0. The molecule has 5 aromatic rings. The fourth-order valence-corrected chi connectivity index (χ4v) is 3.49. The van der Waals surface area contributed by atoms with Crippen LogP contribution in [0.4, 0.5) is 0 Å². The molecule has 124 valence electrons. The van der Waals surface area contributed by atoms with Gasteiger partial charge >= 0.3 is 0 Å². The summed E-state index contributed by atoms with van der Waals surface area (Å²) in [5, 5.41) is 0.306. The van der Waals surface area contributed by atoms with Crippen molar-refractivity contribution in [2.45, 2.75) is 0 Å². The first-order valence-corrected chi connectivity index (χ1v) is 8.88. The van der Waals surface area contributed by atoms with Crippen LogP contribution in [0.2, 0.25) is 0 Å². The molecule has 1 nitrogen and oxygen atoms in total. The molecule has 1 heterocycles. The minimum Gasteiger partial charge on any atom is -0.309 e. The number of aromatic nitrogens is 1. The number of rotatable bonds is 2. The molecule has 1 aromatic heterocycles. The second-order valence-electron chi connectivity index (χ2n) is 5.89. The zero-order valence-electron chi connectivity index (χ0n) is 20.5. The smallest absolute Gasteiger partial charge is 0.0657 e. The first kappa shape index (κ1) is 9.75. The van der Waals surface area contributed by atoms with Gasteiger partial charge in [0.1, 0.15) is 0 Å². The number of para-hydroxylation sites is 1. The molecule has 0 amide bonds. The van der Waals surface area contributed by atoms with E-state index in [9.17, 15) is 0 Å². The van der Waals surface area contributed by atoms with Crippen molar-refractivity contribution in [2.24, 2.45) is 0 Å². The van der Waals surface area contributed by atoms with Crippen LogP contribution in [-0.2, 0) is 0 Å². The number of nitrogens with zero attached hydrogens (tertiary/aromatic N) is 1. The first-order valence-electron chi connectivity index (χ1n) is 11.6. The fraction of sp³-hybridized carbons (Fsp3) is 0. The van der Waals surface area contributed by atoms with Crippen LogP contribution in [0.5, 0.6) is 0 Å². The van der Waals surface area contributed by atoms with Crippen molar-refractivity contribution in [3.63, 3.8) is 0 Å². The Hall–Kier alpha value is -2.84. The minimum atomic E-state index is -0.412. The van der Waals surface area contributed by atoms with E-state index in [0.29, 0.717) is 5.69 Å². The maximum absolute atomic E-state index is 8.73. The molecular weight excluding hydrogens is 382 g/mol. The molecular formula is C24H16BrN. The Morgan fingerprint density at radius 2 is 1.50 bits per heavy atom. The molecule has 0 bridgehead atoms. The van der Waals surface area contributed by atoms with E-state index in [0.717, 1.165) is 11.1 Å². The number of fused-ring (bicyclic) bond motifs is 3. The Balaban J connectivity index is 2.02. The van der Waals surface area contributed by atoms with Crippen molar-refractivity contribution in [3.8, 4) is 16.8 Å². The van der Waals surface area contributed by atoms with Gasteiger partial charge in [-0.3, -0.25) is 0 Å². The van der Waals surface area contributed by atoms with Crippen LogP contribution in [0.25, 0.3) is 38.6 Å². The van der Waals surface area contributed by atoms with E-state index in [1.165, 1.54) is 0 Å². The van der Waals surface area contributed by atoms with Gasteiger partial charge in [-0.05, 0) is 41.4 Å². The SMILES string of the molecule is [2H]c1c([2H])c([2H])c2c(c1[2H])c1c([2H])c([2H])c(Br)c([2H])c1n2-c1cccc(-c2ccccc2)c1. The van der Waals surface area contributed by atoms with Crippen LogP contribution in [0.1, 0.15) is 9.60 Å². The lowest BCUT2D eigenvalue weighted by Crippen LogP contribution is -1.94. The molecule has 0 atom stereocenters. The van der Waals surface area contributed by atoms with Crippen molar-refractivity contribution in [1.29, 1.82) is 0 Å². The average Bonchev–Trinajstić information content (AvgIpc) is 3.20. The number of benzene rings is 4. The molecule has 2 heteroatoms. The lowest BCUT2D eigenvalue weighted by molar-refractivity contribution is 1.18. The number of halogens is 1. The van der Waals surface area contributed by atoms with E-state index < -0.39 is 6.04 Å². The molecule has 0 aliphatic heterocycles. The van der Waals surface area contributed by atoms with Crippen LogP contribution < -0.4 is 0 Å². The quantitative estimate of drug-likeness (QED) is 0.292. The Labute approximate surface area is 170 Å². The molecule has 4 aromatic carbocycles. The highest BCUT2D eigenvalue weighted by Crippen LogP contribution is 2.34. The van der Waals surface area contributed by atoms with Gasteiger partial charge in [0.15, 0.2) is 0 Å². The molecule has 0 aliphatic carbocycles. The fourth-order valence-electron chi connectivity index (χ4n) is 3.20. The van der Waals surface area contributed by atoms with Crippen LogP contribution in [0.15, 0.2) is 101 Å². The van der Waals surface area contributed by atoms with Gasteiger partial charge in [0, 0.05) is 20.9 Å². The molecule has 26 heavy (non-hydrogen) atoms. The normalized spacial score (nSPS) is 15.0. The van der Waals surface area contributed by atoms with Gasteiger partial charge in [-0.15, -0.1) is 0 Å². The summed E-state index contributed by atoms with van der Waals surface area (Å²) >= 11 is 3.26. The van der Waals surface area contributed by atoms with Crippen LogP contribution in [-0.4, -0.2) is 4.57 Å². The third kappa shape index (κ3) is 2.46. The maximum atomic E-state index is 8.73. The average molecular weight is 405 g/mol. The van der Waals surface area contributed by atoms with E-state index in [1.807, 2.05) is 48.5 Å². The summed E-state index contributed by atoms with van der Waals surface area (Å²) in [5.74, 6) is 0. The second kappa shape index (κ2) is 6.15. The number of hydrogen-bond donors (Lipinski definition) is 0. The molecule has 0 saturated carbocycles. The summed E-state index contributed by atoms with van der Waals surface area (Å²) < 4.78 is 60.9. The van der Waals surface area contributed by atoms with Crippen molar-refractivity contribution >= 4 is 37.7 Å². The Bertz CT molecular complexity index is 1520. The van der Waals surface area contributed by atoms with Crippen LogP contribution >= 0.6 is 15.9 Å². The second-order valence-corrected chi connectivity index (χ2v) is 6.68. The molecule has 0 spiro atoms. The monoisotopic (exact) mass is 404 g/mol. The van der Waals surface area contributed by atoms with E-state index in [4.69, 9.17) is 9.60 Å². The summed E-state index contributed by atoms with van der Waals surface area (Å²) in [6.45, 7) is 0. The third-order valence-electron chi connectivity index (χ3n) is 4.34. The summed E-state index contributed by atoms with van der Waals surface area (Å²) in [7, 11) is 0.